The Bertz CT molecular complexity index is 1960. The Morgan fingerprint density at radius 3 is 1.33 bits per heavy atom. The van der Waals surface area contributed by atoms with E-state index in [9.17, 15) is 19.2 Å². The molecule has 0 spiro atoms. The van der Waals surface area contributed by atoms with E-state index in [0.29, 0.717) is 67.7 Å². The van der Waals surface area contributed by atoms with Crippen LogP contribution < -0.4 is 19.5 Å². The van der Waals surface area contributed by atoms with E-state index >= 15 is 0 Å². The van der Waals surface area contributed by atoms with Gasteiger partial charge in [0.1, 0.15) is 11.5 Å². The minimum absolute atomic E-state index is 0.0594. The lowest BCUT2D eigenvalue weighted by molar-refractivity contribution is -0.115. The average molecular weight is 653 g/mol. The number of Topliss-reactive ketones (excluding diaryl/α,β-unsaturated/α-hetero) is 2. The fraction of sp³-hybridized carbons (Fsp3) is 0.128. The number of amides is 2. The van der Waals surface area contributed by atoms with Crippen molar-refractivity contribution in [3.8, 4) is 11.5 Å². The summed E-state index contributed by atoms with van der Waals surface area (Å²) >= 11 is 0. The van der Waals surface area contributed by atoms with E-state index < -0.39 is 0 Å². The number of carbonyl (C=O) groups is 4. The van der Waals surface area contributed by atoms with Gasteiger partial charge in [0.15, 0.2) is 11.6 Å². The molecule has 2 aliphatic heterocycles. The van der Waals surface area contributed by atoms with Gasteiger partial charge in [-0.15, -0.1) is 0 Å². The quantitative estimate of drug-likeness (QED) is 0.102. The molecule has 4 aromatic carbocycles. The number of carbonyl (C=O) groups excluding carboxylic acids is 4. The predicted octanol–water partition coefficient (Wildman–Crippen LogP) is 7.12. The zero-order valence-electron chi connectivity index (χ0n) is 27.3. The van der Waals surface area contributed by atoms with Crippen LogP contribution in [0.5, 0.6) is 11.5 Å². The van der Waals surface area contributed by atoms with E-state index in [2.05, 4.69) is 10.2 Å². The minimum atomic E-state index is -0.298. The molecule has 244 valence electrons. The maximum atomic E-state index is 13.4. The van der Waals surface area contributed by atoms with Crippen molar-refractivity contribution >= 4 is 58.3 Å². The normalized spacial score (nSPS) is 15.9. The van der Waals surface area contributed by atoms with Crippen molar-refractivity contribution in [3.05, 3.63) is 130 Å². The van der Waals surface area contributed by atoms with E-state index in [1.54, 1.807) is 86.7 Å². The molecule has 4 aromatic rings. The predicted molar refractivity (Wildman–Crippen MR) is 189 cm³/mol. The largest absolute Gasteiger partial charge is 0.457 e. The Morgan fingerprint density at radius 1 is 0.592 bits per heavy atom. The van der Waals surface area contributed by atoms with Crippen molar-refractivity contribution in [1.82, 2.24) is 0 Å². The Labute approximate surface area is 283 Å². The SMILES string of the molecule is CC(=O)c1ccc(N2N=C(C)C(=Cc3ccccc3OCOc3ccccc3C=C3C(=O)N(c4ccc(C(C)=O)cc4)N=C3C)C2=O)cc1. The van der Waals surface area contributed by atoms with Crippen LogP contribution in [0.3, 0.4) is 0 Å². The van der Waals surface area contributed by atoms with Gasteiger partial charge in [-0.2, -0.15) is 20.2 Å². The summed E-state index contributed by atoms with van der Waals surface area (Å²) < 4.78 is 12.1. The Kier molecular flexibility index (Phi) is 9.12. The van der Waals surface area contributed by atoms with Gasteiger partial charge < -0.3 is 9.47 Å². The first-order chi connectivity index (χ1) is 23.6. The van der Waals surface area contributed by atoms with Crippen LogP contribution in [0.4, 0.5) is 11.4 Å². The molecule has 0 aliphatic carbocycles. The smallest absolute Gasteiger partial charge is 0.280 e. The number of ketones is 2. The molecule has 10 nitrogen and oxygen atoms in total. The lowest BCUT2D eigenvalue weighted by Gasteiger charge is -2.14. The summed E-state index contributed by atoms with van der Waals surface area (Å²) in [5.74, 6) is 0.278. The van der Waals surface area contributed by atoms with Gasteiger partial charge in [-0.05, 0) is 101 Å². The van der Waals surface area contributed by atoms with E-state index in [1.165, 1.54) is 23.9 Å². The van der Waals surface area contributed by atoms with Gasteiger partial charge in [0, 0.05) is 22.3 Å². The summed E-state index contributed by atoms with van der Waals surface area (Å²) in [4.78, 5) is 50.1. The molecule has 0 saturated carbocycles. The summed E-state index contributed by atoms with van der Waals surface area (Å²) in [6.07, 6.45) is 3.46. The fourth-order valence-corrected chi connectivity index (χ4v) is 5.32. The average Bonchev–Trinajstić information content (AvgIpc) is 3.55. The molecule has 6 rings (SSSR count). The molecular weight excluding hydrogens is 620 g/mol. The topological polar surface area (TPSA) is 118 Å². The second-order valence-electron chi connectivity index (χ2n) is 11.4. The van der Waals surface area contributed by atoms with Gasteiger partial charge in [0.2, 0.25) is 6.79 Å². The number of rotatable bonds is 10. The minimum Gasteiger partial charge on any atom is -0.457 e. The van der Waals surface area contributed by atoms with Gasteiger partial charge in [0.25, 0.3) is 11.8 Å². The summed E-state index contributed by atoms with van der Waals surface area (Å²) in [6, 6.07) is 28.0. The molecule has 0 N–H and O–H groups in total. The number of hydrogen-bond donors (Lipinski definition) is 0. The van der Waals surface area contributed by atoms with Crippen LogP contribution >= 0.6 is 0 Å². The highest BCUT2D eigenvalue weighted by atomic mass is 16.7. The lowest BCUT2D eigenvalue weighted by Crippen LogP contribution is -2.21. The molecule has 0 bridgehead atoms. The van der Waals surface area contributed by atoms with Crippen LogP contribution in [0.25, 0.3) is 12.2 Å². The third-order valence-corrected chi connectivity index (χ3v) is 8.03. The zero-order valence-corrected chi connectivity index (χ0v) is 27.3. The molecule has 0 radical (unpaired) electrons. The highest BCUT2D eigenvalue weighted by Crippen LogP contribution is 2.30. The lowest BCUT2D eigenvalue weighted by atomic mass is 10.1. The second-order valence-corrected chi connectivity index (χ2v) is 11.4. The van der Waals surface area contributed by atoms with Crippen LogP contribution in [-0.2, 0) is 9.59 Å². The zero-order chi connectivity index (χ0) is 34.7. The molecule has 0 unspecified atom stereocenters. The third-order valence-electron chi connectivity index (χ3n) is 8.03. The van der Waals surface area contributed by atoms with E-state index in [-0.39, 0.29) is 30.2 Å². The van der Waals surface area contributed by atoms with Gasteiger partial charge in [0.05, 0.1) is 33.9 Å². The van der Waals surface area contributed by atoms with Crippen LogP contribution in [0.1, 0.15) is 59.5 Å². The summed E-state index contributed by atoms with van der Waals surface area (Å²) in [5.41, 5.74) is 5.44. The van der Waals surface area contributed by atoms with Crippen molar-refractivity contribution in [2.75, 3.05) is 16.8 Å². The standard InChI is InChI=1S/C39H32N4O6/c1-24-34(38(46)42(40-24)32-17-13-28(14-18-32)26(3)44)21-30-9-5-7-11-36(30)48-23-49-37-12-8-6-10-31(37)22-35-25(2)41-43(39(35)47)33-19-15-29(16-20-33)27(4)45/h5-22H,23H2,1-4H3. The van der Waals surface area contributed by atoms with Crippen molar-refractivity contribution < 1.29 is 28.7 Å². The van der Waals surface area contributed by atoms with Crippen molar-refractivity contribution in [2.24, 2.45) is 10.2 Å². The third kappa shape index (κ3) is 6.84. The van der Waals surface area contributed by atoms with Gasteiger partial charge >= 0.3 is 0 Å². The number of para-hydroxylation sites is 2. The number of hydrogen-bond acceptors (Lipinski definition) is 8. The highest BCUT2D eigenvalue weighted by Gasteiger charge is 2.30. The number of benzene rings is 4. The molecule has 0 saturated heterocycles. The van der Waals surface area contributed by atoms with Gasteiger partial charge in [-0.3, -0.25) is 19.2 Å². The number of hydrazone groups is 2. The van der Waals surface area contributed by atoms with Crippen LogP contribution in [0, 0.1) is 0 Å². The fourth-order valence-electron chi connectivity index (χ4n) is 5.32. The van der Waals surface area contributed by atoms with E-state index in [4.69, 9.17) is 9.47 Å². The monoisotopic (exact) mass is 652 g/mol. The van der Waals surface area contributed by atoms with Crippen molar-refractivity contribution in [2.45, 2.75) is 27.7 Å². The maximum Gasteiger partial charge on any atom is 0.280 e. The summed E-state index contributed by atoms with van der Waals surface area (Å²) in [6.45, 7) is 6.35. The molecule has 2 heterocycles. The van der Waals surface area contributed by atoms with Crippen LogP contribution in [0.2, 0.25) is 0 Å². The molecule has 0 fully saturated rings. The first-order valence-corrected chi connectivity index (χ1v) is 15.5. The number of anilines is 2. The van der Waals surface area contributed by atoms with Crippen molar-refractivity contribution in [3.63, 3.8) is 0 Å². The van der Waals surface area contributed by atoms with Crippen LogP contribution in [-0.4, -0.2) is 41.6 Å². The maximum absolute atomic E-state index is 13.4. The first-order valence-electron chi connectivity index (χ1n) is 15.5. The molecular formula is C39H32N4O6. The molecule has 2 aliphatic rings. The van der Waals surface area contributed by atoms with E-state index in [1.807, 2.05) is 36.4 Å². The van der Waals surface area contributed by atoms with Crippen molar-refractivity contribution in [1.29, 1.82) is 0 Å². The van der Waals surface area contributed by atoms with Gasteiger partial charge in [-0.25, -0.2) is 0 Å². The van der Waals surface area contributed by atoms with Gasteiger partial charge in [-0.1, -0.05) is 36.4 Å². The Morgan fingerprint density at radius 2 is 0.959 bits per heavy atom. The first kappa shape index (κ1) is 32.5. The van der Waals surface area contributed by atoms with Crippen LogP contribution in [0.15, 0.2) is 118 Å². The Balaban J connectivity index is 1.15. The molecule has 10 heteroatoms. The number of nitrogens with zero attached hydrogens (tertiary/aromatic N) is 4. The molecule has 2 amide bonds. The van der Waals surface area contributed by atoms with E-state index in [0.717, 1.165) is 0 Å². The second kappa shape index (κ2) is 13.7. The summed E-state index contributed by atoms with van der Waals surface area (Å²) in [7, 11) is 0. The Hall–Kier alpha value is -6.42. The molecule has 0 atom stereocenters. The molecule has 49 heavy (non-hydrogen) atoms. The highest BCUT2D eigenvalue weighted by molar-refractivity contribution is 6.33. The summed E-state index contributed by atoms with van der Waals surface area (Å²) in [5, 5.41) is 11.5. The number of ether oxygens (including phenoxy) is 2. The molecule has 0 aromatic heterocycles.